The quantitative estimate of drug-likeness (QED) is 0.859. The number of esters is 1. The molecular formula is C14H13FN2O2. The van der Waals surface area contributed by atoms with Gasteiger partial charge in [-0.2, -0.15) is 5.26 Å². The van der Waals surface area contributed by atoms with Crippen LogP contribution in [0.3, 0.4) is 0 Å². The van der Waals surface area contributed by atoms with E-state index in [2.05, 4.69) is 4.98 Å². The van der Waals surface area contributed by atoms with E-state index >= 15 is 0 Å². The van der Waals surface area contributed by atoms with E-state index in [1.807, 2.05) is 6.07 Å². The van der Waals surface area contributed by atoms with E-state index in [4.69, 9.17) is 10.00 Å². The Labute approximate surface area is 109 Å². The number of nitrogens with zero attached hydrogens (tertiary/aromatic N) is 1. The van der Waals surface area contributed by atoms with Crippen LogP contribution in [-0.4, -0.2) is 17.6 Å². The first kappa shape index (κ1) is 13.1. The Balaban J connectivity index is 2.28. The zero-order valence-electron chi connectivity index (χ0n) is 10.5. The molecule has 1 N–H and O–H groups in total. The molecule has 0 aliphatic heterocycles. The molecular weight excluding hydrogens is 247 g/mol. The summed E-state index contributed by atoms with van der Waals surface area (Å²) in [7, 11) is 0. The molecule has 0 radical (unpaired) electrons. The van der Waals surface area contributed by atoms with E-state index in [-0.39, 0.29) is 18.0 Å². The topological polar surface area (TPSA) is 65.9 Å². The van der Waals surface area contributed by atoms with Gasteiger partial charge in [0.05, 0.1) is 17.7 Å². The van der Waals surface area contributed by atoms with E-state index in [1.54, 1.807) is 13.1 Å². The number of halogens is 1. The van der Waals surface area contributed by atoms with Crippen molar-refractivity contribution < 1.29 is 13.9 Å². The number of ether oxygens (including phenoxy) is 1. The van der Waals surface area contributed by atoms with Gasteiger partial charge < -0.3 is 9.72 Å². The highest BCUT2D eigenvalue weighted by Gasteiger charge is 2.11. The number of aromatic amines is 1. The summed E-state index contributed by atoms with van der Waals surface area (Å²) in [6, 6.07) is 4.50. The van der Waals surface area contributed by atoms with Crippen LogP contribution in [0.15, 0.2) is 18.3 Å². The van der Waals surface area contributed by atoms with Crippen molar-refractivity contribution >= 4 is 16.9 Å². The maximum absolute atomic E-state index is 13.4. The summed E-state index contributed by atoms with van der Waals surface area (Å²) >= 11 is 0. The van der Waals surface area contributed by atoms with Crippen molar-refractivity contribution in [2.75, 3.05) is 6.61 Å². The number of aryl methyl sites for hydroxylation is 1. The molecule has 98 valence electrons. The molecule has 0 bridgehead atoms. The SMILES string of the molecule is CCOC(=O)CCc1c[nH]c2c(C#N)cc(F)cc12. The lowest BCUT2D eigenvalue weighted by atomic mass is 10.1. The third kappa shape index (κ3) is 2.74. The molecule has 2 aromatic rings. The predicted octanol–water partition coefficient (Wildman–Crippen LogP) is 2.67. The number of carbonyl (C=O) groups excluding carboxylic acids is 1. The molecule has 0 aliphatic carbocycles. The zero-order valence-corrected chi connectivity index (χ0v) is 10.5. The lowest BCUT2D eigenvalue weighted by Crippen LogP contribution is -2.04. The summed E-state index contributed by atoms with van der Waals surface area (Å²) < 4.78 is 18.2. The van der Waals surface area contributed by atoms with Crippen LogP contribution in [0.1, 0.15) is 24.5 Å². The fourth-order valence-electron chi connectivity index (χ4n) is 2.02. The number of nitriles is 1. The highest BCUT2D eigenvalue weighted by molar-refractivity contribution is 5.88. The molecule has 0 spiro atoms. The van der Waals surface area contributed by atoms with Gasteiger partial charge in [-0.05, 0) is 31.0 Å². The van der Waals surface area contributed by atoms with Gasteiger partial charge in [-0.1, -0.05) is 0 Å². The molecule has 0 unspecified atom stereocenters. The summed E-state index contributed by atoms with van der Waals surface area (Å²) in [5, 5.41) is 9.59. The van der Waals surface area contributed by atoms with Crippen molar-refractivity contribution in [3.8, 4) is 6.07 Å². The Kier molecular flexibility index (Phi) is 3.81. The maximum Gasteiger partial charge on any atom is 0.306 e. The number of nitrogens with one attached hydrogen (secondary N) is 1. The van der Waals surface area contributed by atoms with E-state index < -0.39 is 5.82 Å². The third-order valence-electron chi connectivity index (χ3n) is 2.86. The van der Waals surface area contributed by atoms with Crippen molar-refractivity contribution in [1.82, 2.24) is 4.98 Å². The van der Waals surface area contributed by atoms with Crippen molar-refractivity contribution in [1.29, 1.82) is 5.26 Å². The Hall–Kier alpha value is -2.35. The summed E-state index contributed by atoms with van der Waals surface area (Å²) in [6.45, 7) is 2.10. The van der Waals surface area contributed by atoms with E-state index in [9.17, 15) is 9.18 Å². The molecule has 0 amide bonds. The molecule has 0 saturated heterocycles. The number of aromatic nitrogens is 1. The van der Waals surface area contributed by atoms with E-state index in [0.29, 0.717) is 23.9 Å². The fourth-order valence-corrected chi connectivity index (χ4v) is 2.02. The molecule has 0 atom stereocenters. The first-order valence-electron chi connectivity index (χ1n) is 6.01. The van der Waals surface area contributed by atoms with Crippen LogP contribution < -0.4 is 0 Å². The Morgan fingerprint density at radius 3 is 3.00 bits per heavy atom. The smallest absolute Gasteiger partial charge is 0.306 e. The Morgan fingerprint density at radius 1 is 1.53 bits per heavy atom. The summed E-state index contributed by atoms with van der Waals surface area (Å²) in [6.07, 6.45) is 2.39. The number of rotatable bonds is 4. The third-order valence-corrected chi connectivity index (χ3v) is 2.86. The lowest BCUT2D eigenvalue weighted by Gasteiger charge is -2.01. The minimum Gasteiger partial charge on any atom is -0.466 e. The molecule has 19 heavy (non-hydrogen) atoms. The predicted molar refractivity (Wildman–Crippen MR) is 67.9 cm³/mol. The molecule has 5 heteroatoms. The number of hydrogen-bond acceptors (Lipinski definition) is 3. The highest BCUT2D eigenvalue weighted by Crippen LogP contribution is 2.24. The molecule has 1 heterocycles. The van der Waals surface area contributed by atoms with Crippen molar-refractivity contribution in [2.45, 2.75) is 19.8 Å². The molecule has 4 nitrogen and oxygen atoms in total. The molecule has 0 aliphatic rings. The average Bonchev–Trinajstić information content (AvgIpc) is 2.78. The van der Waals surface area contributed by atoms with Gasteiger partial charge in [-0.3, -0.25) is 4.79 Å². The van der Waals surface area contributed by atoms with Crippen LogP contribution in [0, 0.1) is 17.1 Å². The van der Waals surface area contributed by atoms with Gasteiger partial charge in [0.25, 0.3) is 0 Å². The molecule has 0 saturated carbocycles. The largest absolute Gasteiger partial charge is 0.466 e. The van der Waals surface area contributed by atoms with Crippen LogP contribution in [-0.2, 0) is 16.0 Å². The molecule has 1 aromatic heterocycles. The van der Waals surface area contributed by atoms with Gasteiger partial charge in [0.15, 0.2) is 0 Å². The Bertz CT molecular complexity index is 655. The second-order valence-corrected chi connectivity index (χ2v) is 4.11. The number of benzene rings is 1. The lowest BCUT2D eigenvalue weighted by molar-refractivity contribution is -0.143. The number of carbonyl (C=O) groups is 1. The monoisotopic (exact) mass is 260 g/mol. The minimum atomic E-state index is -0.457. The Morgan fingerprint density at radius 2 is 2.32 bits per heavy atom. The number of H-pyrrole nitrogens is 1. The van der Waals surface area contributed by atoms with E-state index in [0.717, 1.165) is 5.56 Å². The standard InChI is InChI=1S/C14H13FN2O2/c1-2-19-13(18)4-3-9-8-17-14-10(7-16)5-11(15)6-12(9)14/h5-6,8,17H,2-4H2,1H3. The van der Waals surface area contributed by atoms with Crippen LogP contribution >= 0.6 is 0 Å². The number of hydrogen-bond donors (Lipinski definition) is 1. The van der Waals surface area contributed by atoms with Gasteiger partial charge in [0.2, 0.25) is 0 Å². The van der Waals surface area contributed by atoms with Crippen molar-refractivity contribution in [2.24, 2.45) is 0 Å². The second kappa shape index (κ2) is 5.53. The van der Waals surface area contributed by atoms with E-state index in [1.165, 1.54) is 12.1 Å². The van der Waals surface area contributed by atoms with Gasteiger partial charge in [-0.25, -0.2) is 4.39 Å². The van der Waals surface area contributed by atoms with Crippen molar-refractivity contribution in [3.63, 3.8) is 0 Å². The van der Waals surface area contributed by atoms with Gasteiger partial charge in [0, 0.05) is 18.0 Å². The van der Waals surface area contributed by atoms with Gasteiger partial charge in [-0.15, -0.1) is 0 Å². The number of fused-ring (bicyclic) bond motifs is 1. The van der Waals surface area contributed by atoms with Crippen LogP contribution in [0.2, 0.25) is 0 Å². The second-order valence-electron chi connectivity index (χ2n) is 4.11. The van der Waals surface area contributed by atoms with Crippen LogP contribution in [0.25, 0.3) is 10.9 Å². The van der Waals surface area contributed by atoms with Crippen molar-refractivity contribution in [3.05, 3.63) is 35.3 Å². The molecule has 0 fully saturated rings. The summed E-state index contributed by atoms with van der Waals surface area (Å²) in [4.78, 5) is 14.3. The zero-order chi connectivity index (χ0) is 13.8. The molecule has 2 rings (SSSR count). The van der Waals surface area contributed by atoms with Gasteiger partial charge >= 0.3 is 5.97 Å². The maximum atomic E-state index is 13.4. The first-order valence-corrected chi connectivity index (χ1v) is 6.01. The average molecular weight is 260 g/mol. The first-order chi connectivity index (χ1) is 9.15. The minimum absolute atomic E-state index is 0.235. The highest BCUT2D eigenvalue weighted by atomic mass is 19.1. The van der Waals surface area contributed by atoms with Crippen LogP contribution in [0.5, 0.6) is 0 Å². The fraction of sp³-hybridized carbons (Fsp3) is 0.286. The van der Waals surface area contributed by atoms with Gasteiger partial charge in [0.1, 0.15) is 11.9 Å². The summed E-state index contributed by atoms with van der Waals surface area (Å²) in [5.41, 5.74) is 1.67. The van der Waals surface area contributed by atoms with Crippen LogP contribution in [0.4, 0.5) is 4.39 Å². The summed E-state index contributed by atoms with van der Waals surface area (Å²) in [5.74, 6) is -0.741. The molecule has 1 aromatic carbocycles. The normalized spacial score (nSPS) is 10.4.